The van der Waals surface area contributed by atoms with Crippen LogP contribution in [0.5, 0.6) is 0 Å². The number of carbonyl (C=O) groups is 1. The summed E-state index contributed by atoms with van der Waals surface area (Å²) in [5.74, 6) is -0.218. The van der Waals surface area contributed by atoms with Crippen LogP contribution in [0.1, 0.15) is 12.0 Å². The van der Waals surface area contributed by atoms with Crippen molar-refractivity contribution in [3.05, 3.63) is 41.4 Å². The summed E-state index contributed by atoms with van der Waals surface area (Å²) >= 11 is 6.02. The van der Waals surface area contributed by atoms with Gasteiger partial charge in [-0.25, -0.2) is 14.1 Å². The van der Waals surface area contributed by atoms with E-state index in [2.05, 4.69) is 20.7 Å². The van der Waals surface area contributed by atoms with E-state index < -0.39 is 12.2 Å². The van der Waals surface area contributed by atoms with Gasteiger partial charge in [0.25, 0.3) is 0 Å². The number of nitrogens with one attached hydrogen (secondary N) is 2. The van der Waals surface area contributed by atoms with Gasteiger partial charge in [-0.3, -0.25) is 4.79 Å². The fraction of sp³-hybridized carbons (Fsp3) is 0.357. The lowest BCUT2D eigenvalue weighted by Gasteiger charge is -2.13. The second kappa shape index (κ2) is 7.72. The summed E-state index contributed by atoms with van der Waals surface area (Å²) in [6.07, 6.45) is 2.24. The molecule has 1 unspecified atom stereocenters. The van der Waals surface area contributed by atoms with Crippen molar-refractivity contribution in [3.8, 4) is 5.69 Å². The molecule has 23 heavy (non-hydrogen) atoms. The molecule has 9 heteroatoms. The van der Waals surface area contributed by atoms with Gasteiger partial charge in [-0.1, -0.05) is 11.6 Å². The standard InChI is InChI=1S/C14H15ClFN5O.ClH/c15-10-1-2-13(21-8-17-7-20-21)9(3-10)5-19-14(22)12-4-11(16)6-18-12;/h1-3,7-8,11-12,18H,4-6H2,(H,19,22);1H/t11-,12?;/m1./s1. The zero-order valence-corrected chi connectivity index (χ0v) is 13.6. The zero-order valence-electron chi connectivity index (χ0n) is 12.1. The van der Waals surface area contributed by atoms with Crippen LogP contribution in [0, 0.1) is 0 Å². The predicted octanol–water partition coefficient (Wildman–Crippen LogP) is 1.66. The molecule has 2 atom stereocenters. The lowest BCUT2D eigenvalue weighted by molar-refractivity contribution is -0.123. The zero-order chi connectivity index (χ0) is 15.5. The average molecular weight is 360 g/mol. The predicted molar refractivity (Wildman–Crippen MR) is 86.8 cm³/mol. The largest absolute Gasteiger partial charge is 0.351 e. The number of hydrogen-bond acceptors (Lipinski definition) is 4. The summed E-state index contributed by atoms with van der Waals surface area (Å²) in [5, 5.41) is 10.3. The maximum absolute atomic E-state index is 13.1. The quantitative estimate of drug-likeness (QED) is 0.870. The Kier molecular flexibility index (Phi) is 5.92. The molecule has 124 valence electrons. The molecular formula is C14H16Cl2FN5O. The highest BCUT2D eigenvalue weighted by Gasteiger charge is 2.29. The molecule has 0 spiro atoms. The van der Waals surface area contributed by atoms with E-state index in [4.69, 9.17) is 11.6 Å². The van der Waals surface area contributed by atoms with Crippen LogP contribution in [0.15, 0.2) is 30.9 Å². The Morgan fingerprint density at radius 1 is 1.52 bits per heavy atom. The maximum Gasteiger partial charge on any atom is 0.237 e. The molecule has 1 amide bonds. The van der Waals surface area contributed by atoms with Crippen LogP contribution in [-0.4, -0.2) is 39.4 Å². The Hall–Kier alpha value is -1.70. The van der Waals surface area contributed by atoms with Gasteiger partial charge in [-0.2, -0.15) is 5.10 Å². The minimum absolute atomic E-state index is 0. The van der Waals surface area contributed by atoms with Gasteiger partial charge in [0.15, 0.2) is 0 Å². The van der Waals surface area contributed by atoms with Crippen molar-refractivity contribution in [2.75, 3.05) is 6.54 Å². The molecule has 0 bridgehead atoms. The molecule has 1 aromatic carbocycles. The van der Waals surface area contributed by atoms with Crippen molar-refractivity contribution < 1.29 is 9.18 Å². The fourth-order valence-corrected chi connectivity index (χ4v) is 2.64. The van der Waals surface area contributed by atoms with Crippen LogP contribution in [0.2, 0.25) is 5.02 Å². The van der Waals surface area contributed by atoms with E-state index in [0.717, 1.165) is 11.3 Å². The number of alkyl halides is 1. The first kappa shape index (κ1) is 17.7. The third kappa shape index (κ3) is 4.19. The van der Waals surface area contributed by atoms with E-state index >= 15 is 0 Å². The van der Waals surface area contributed by atoms with E-state index in [1.54, 1.807) is 23.1 Å². The second-order valence-corrected chi connectivity index (χ2v) is 5.56. The Morgan fingerprint density at radius 2 is 2.35 bits per heavy atom. The Balaban J connectivity index is 0.00000192. The van der Waals surface area contributed by atoms with Gasteiger partial charge >= 0.3 is 0 Å². The van der Waals surface area contributed by atoms with Crippen LogP contribution < -0.4 is 10.6 Å². The smallest absolute Gasteiger partial charge is 0.237 e. The van der Waals surface area contributed by atoms with E-state index in [1.807, 2.05) is 6.07 Å². The second-order valence-electron chi connectivity index (χ2n) is 5.12. The van der Waals surface area contributed by atoms with Gasteiger partial charge in [0.2, 0.25) is 5.91 Å². The Morgan fingerprint density at radius 3 is 3.00 bits per heavy atom. The molecule has 1 aromatic heterocycles. The number of aromatic nitrogens is 3. The highest BCUT2D eigenvalue weighted by Crippen LogP contribution is 2.19. The van der Waals surface area contributed by atoms with Gasteiger partial charge < -0.3 is 10.6 Å². The fourth-order valence-electron chi connectivity index (χ4n) is 2.45. The molecule has 0 aliphatic carbocycles. The average Bonchev–Trinajstić information content (AvgIpc) is 3.16. The van der Waals surface area contributed by atoms with Crippen LogP contribution in [-0.2, 0) is 11.3 Å². The summed E-state index contributed by atoms with van der Waals surface area (Å²) in [5.41, 5.74) is 1.59. The minimum atomic E-state index is -0.965. The monoisotopic (exact) mass is 359 g/mol. The lowest BCUT2D eigenvalue weighted by atomic mass is 10.1. The maximum atomic E-state index is 13.1. The normalized spacial score (nSPS) is 20.1. The topological polar surface area (TPSA) is 71.8 Å². The summed E-state index contributed by atoms with van der Waals surface area (Å²) < 4.78 is 14.7. The number of halogens is 3. The third-order valence-corrected chi connectivity index (χ3v) is 3.79. The van der Waals surface area contributed by atoms with Crippen LogP contribution in [0.3, 0.4) is 0 Å². The van der Waals surface area contributed by atoms with E-state index in [1.165, 1.54) is 6.33 Å². The molecule has 1 aliphatic rings. The highest BCUT2D eigenvalue weighted by atomic mass is 35.5. The van der Waals surface area contributed by atoms with Gasteiger partial charge in [-0.05, 0) is 23.8 Å². The van der Waals surface area contributed by atoms with Gasteiger partial charge in [0, 0.05) is 24.5 Å². The summed E-state index contributed by atoms with van der Waals surface area (Å²) in [6, 6.07) is 4.84. The number of rotatable bonds is 4. The van der Waals surface area contributed by atoms with Crippen molar-refractivity contribution in [2.45, 2.75) is 25.2 Å². The summed E-state index contributed by atoms with van der Waals surface area (Å²) in [6.45, 7) is 0.503. The summed E-state index contributed by atoms with van der Waals surface area (Å²) in [4.78, 5) is 15.9. The SMILES string of the molecule is Cl.O=C(NCc1cc(Cl)ccc1-n1cncn1)C1C[C@@H](F)CN1. The van der Waals surface area contributed by atoms with Crippen LogP contribution >= 0.6 is 24.0 Å². The van der Waals surface area contributed by atoms with Crippen molar-refractivity contribution in [1.82, 2.24) is 25.4 Å². The molecule has 1 fully saturated rings. The Labute approximate surface area is 143 Å². The first-order valence-electron chi connectivity index (χ1n) is 6.92. The van der Waals surface area contributed by atoms with Crippen molar-refractivity contribution in [2.24, 2.45) is 0 Å². The van der Waals surface area contributed by atoms with Gasteiger partial charge in [-0.15, -0.1) is 12.4 Å². The molecular weight excluding hydrogens is 344 g/mol. The van der Waals surface area contributed by atoms with E-state index in [-0.39, 0.29) is 37.8 Å². The highest BCUT2D eigenvalue weighted by molar-refractivity contribution is 6.30. The molecule has 2 heterocycles. The minimum Gasteiger partial charge on any atom is -0.351 e. The van der Waals surface area contributed by atoms with Crippen molar-refractivity contribution in [3.63, 3.8) is 0 Å². The number of benzene rings is 1. The van der Waals surface area contributed by atoms with Crippen LogP contribution in [0.4, 0.5) is 4.39 Å². The molecule has 1 saturated heterocycles. The van der Waals surface area contributed by atoms with Gasteiger partial charge in [0.1, 0.15) is 18.8 Å². The number of amides is 1. The first-order valence-corrected chi connectivity index (χ1v) is 7.30. The molecule has 0 radical (unpaired) electrons. The molecule has 3 rings (SSSR count). The molecule has 0 saturated carbocycles. The molecule has 2 N–H and O–H groups in total. The lowest BCUT2D eigenvalue weighted by Crippen LogP contribution is -2.40. The Bertz CT molecular complexity index is 667. The molecule has 1 aliphatic heterocycles. The van der Waals surface area contributed by atoms with E-state index in [9.17, 15) is 9.18 Å². The summed E-state index contributed by atoms with van der Waals surface area (Å²) in [7, 11) is 0. The third-order valence-electron chi connectivity index (χ3n) is 3.55. The first-order chi connectivity index (χ1) is 10.6. The van der Waals surface area contributed by atoms with E-state index in [0.29, 0.717) is 5.02 Å². The number of carbonyl (C=O) groups excluding carboxylic acids is 1. The van der Waals surface area contributed by atoms with Crippen molar-refractivity contribution in [1.29, 1.82) is 0 Å². The van der Waals surface area contributed by atoms with Crippen molar-refractivity contribution >= 4 is 29.9 Å². The van der Waals surface area contributed by atoms with Gasteiger partial charge in [0.05, 0.1) is 11.7 Å². The molecule has 2 aromatic rings. The van der Waals surface area contributed by atoms with Crippen LogP contribution in [0.25, 0.3) is 5.69 Å². The number of hydrogen-bond donors (Lipinski definition) is 2. The number of nitrogens with zero attached hydrogens (tertiary/aromatic N) is 3. The molecule has 6 nitrogen and oxygen atoms in total.